The van der Waals surface area contributed by atoms with Crippen molar-refractivity contribution in [3.63, 3.8) is 0 Å². The molecule has 5 heteroatoms. The van der Waals surface area contributed by atoms with E-state index in [4.69, 9.17) is 11.2 Å². The maximum absolute atomic E-state index is 11.8. The topological polar surface area (TPSA) is 60.3 Å². The molecule has 1 aromatic heterocycles. The number of carbonyl (C=O) groups excluding carboxylic acids is 2. The Balaban J connectivity index is 1.95. The largest absolute Gasteiger partial charge is 0.483 e. The van der Waals surface area contributed by atoms with Gasteiger partial charge in [0.15, 0.2) is 6.61 Å². The summed E-state index contributed by atoms with van der Waals surface area (Å²) < 4.78 is 7.08. The van der Waals surface area contributed by atoms with Gasteiger partial charge in [0.25, 0.3) is 11.8 Å². The SMILES string of the molecule is C#CCCCCNC(=O)COc1cccc2c1ccn2C(=O)C=C. The molecular weight excluding hydrogens is 304 g/mol. The number of hydrogen-bond acceptors (Lipinski definition) is 3. The number of fused-ring (bicyclic) bond motifs is 1. The van der Waals surface area contributed by atoms with Crippen LogP contribution in [0.5, 0.6) is 5.75 Å². The Labute approximate surface area is 141 Å². The summed E-state index contributed by atoms with van der Waals surface area (Å²) in [5.41, 5.74) is 0.715. The van der Waals surface area contributed by atoms with Gasteiger partial charge >= 0.3 is 0 Å². The van der Waals surface area contributed by atoms with E-state index in [9.17, 15) is 9.59 Å². The van der Waals surface area contributed by atoms with E-state index in [0.29, 0.717) is 17.8 Å². The molecule has 24 heavy (non-hydrogen) atoms. The van der Waals surface area contributed by atoms with Crippen LogP contribution in [0, 0.1) is 12.3 Å². The molecule has 0 aliphatic carbocycles. The van der Waals surface area contributed by atoms with Crippen LogP contribution < -0.4 is 10.1 Å². The van der Waals surface area contributed by atoms with E-state index in [0.717, 1.165) is 24.6 Å². The number of ether oxygens (including phenoxy) is 1. The van der Waals surface area contributed by atoms with Crippen molar-refractivity contribution >= 4 is 22.7 Å². The van der Waals surface area contributed by atoms with Gasteiger partial charge in [-0.05, 0) is 37.1 Å². The van der Waals surface area contributed by atoms with E-state index in [1.165, 1.54) is 10.6 Å². The van der Waals surface area contributed by atoms with Gasteiger partial charge in [0.2, 0.25) is 0 Å². The Morgan fingerprint density at radius 2 is 2.17 bits per heavy atom. The van der Waals surface area contributed by atoms with E-state index in [1.807, 2.05) is 6.07 Å². The summed E-state index contributed by atoms with van der Waals surface area (Å²) in [6.07, 6.45) is 10.5. The number of aromatic nitrogens is 1. The average Bonchev–Trinajstić information content (AvgIpc) is 3.03. The Hall–Kier alpha value is -3.00. The third kappa shape index (κ3) is 4.26. The summed E-state index contributed by atoms with van der Waals surface area (Å²) in [6, 6.07) is 7.15. The number of benzene rings is 1. The normalized spacial score (nSPS) is 10.1. The van der Waals surface area contributed by atoms with Gasteiger partial charge in [-0.2, -0.15) is 0 Å². The molecule has 1 heterocycles. The fourth-order valence-electron chi connectivity index (χ4n) is 2.33. The summed E-state index contributed by atoms with van der Waals surface area (Å²) in [5.74, 6) is 2.72. The van der Waals surface area contributed by atoms with Crippen molar-refractivity contribution in [3.8, 4) is 18.1 Å². The highest BCUT2D eigenvalue weighted by atomic mass is 16.5. The predicted octanol–water partition coefficient (Wildman–Crippen LogP) is 2.77. The Kier molecular flexibility index (Phi) is 6.21. The number of nitrogens with zero attached hydrogens (tertiary/aromatic N) is 1. The van der Waals surface area contributed by atoms with Crippen LogP contribution in [0.2, 0.25) is 0 Å². The van der Waals surface area contributed by atoms with Crippen molar-refractivity contribution in [2.24, 2.45) is 0 Å². The summed E-state index contributed by atoms with van der Waals surface area (Å²) >= 11 is 0. The summed E-state index contributed by atoms with van der Waals surface area (Å²) in [7, 11) is 0. The minimum Gasteiger partial charge on any atom is -0.483 e. The molecule has 5 nitrogen and oxygen atoms in total. The molecule has 1 N–H and O–H groups in total. The first kappa shape index (κ1) is 17.4. The number of hydrogen-bond donors (Lipinski definition) is 1. The second kappa shape index (κ2) is 8.59. The van der Waals surface area contributed by atoms with Crippen LogP contribution in [-0.2, 0) is 4.79 Å². The van der Waals surface area contributed by atoms with Gasteiger partial charge in [-0.15, -0.1) is 12.3 Å². The van der Waals surface area contributed by atoms with Gasteiger partial charge in [0, 0.05) is 24.5 Å². The molecule has 0 fully saturated rings. The van der Waals surface area contributed by atoms with Gasteiger partial charge in [-0.1, -0.05) is 12.6 Å². The van der Waals surface area contributed by atoms with Crippen LogP contribution in [0.1, 0.15) is 24.1 Å². The number of terminal acetylenes is 1. The molecule has 0 saturated carbocycles. The average molecular weight is 324 g/mol. The molecule has 0 unspecified atom stereocenters. The van der Waals surface area contributed by atoms with Crippen LogP contribution >= 0.6 is 0 Å². The summed E-state index contributed by atoms with van der Waals surface area (Å²) in [4.78, 5) is 23.6. The van der Waals surface area contributed by atoms with Crippen molar-refractivity contribution in [2.45, 2.75) is 19.3 Å². The lowest BCUT2D eigenvalue weighted by Crippen LogP contribution is -2.29. The van der Waals surface area contributed by atoms with Crippen molar-refractivity contribution in [3.05, 3.63) is 43.1 Å². The monoisotopic (exact) mass is 324 g/mol. The molecule has 0 bridgehead atoms. The number of nitrogens with one attached hydrogen (secondary N) is 1. The van der Waals surface area contributed by atoms with Crippen molar-refractivity contribution in [1.82, 2.24) is 9.88 Å². The smallest absolute Gasteiger partial charge is 0.257 e. The minimum absolute atomic E-state index is 0.0746. The molecule has 0 atom stereocenters. The Bertz CT molecular complexity index is 783. The fourth-order valence-corrected chi connectivity index (χ4v) is 2.33. The van der Waals surface area contributed by atoms with Crippen molar-refractivity contribution in [1.29, 1.82) is 0 Å². The summed E-state index contributed by atoms with van der Waals surface area (Å²) in [5, 5.41) is 3.56. The molecular formula is C19H20N2O3. The second-order valence-corrected chi connectivity index (χ2v) is 5.22. The number of carbonyl (C=O) groups is 2. The zero-order chi connectivity index (χ0) is 17.4. The number of unbranched alkanes of at least 4 members (excludes halogenated alkanes) is 2. The maximum Gasteiger partial charge on any atom is 0.257 e. The first-order valence-electron chi connectivity index (χ1n) is 7.77. The number of allylic oxidation sites excluding steroid dienone is 1. The molecule has 2 rings (SSSR count). The molecule has 0 aliphatic heterocycles. The third-order valence-corrected chi connectivity index (χ3v) is 3.53. The van der Waals surface area contributed by atoms with Crippen LogP contribution in [0.3, 0.4) is 0 Å². The van der Waals surface area contributed by atoms with E-state index in [2.05, 4.69) is 17.8 Å². The van der Waals surface area contributed by atoms with E-state index in [-0.39, 0.29) is 18.4 Å². The van der Waals surface area contributed by atoms with E-state index < -0.39 is 0 Å². The molecule has 0 aliphatic rings. The molecule has 1 aromatic carbocycles. The van der Waals surface area contributed by atoms with Gasteiger partial charge in [0.1, 0.15) is 5.75 Å². The van der Waals surface area contributed by atoms with Crippen LogP contribution in [0.4, 0.5) is 0 Å². The number of rotatable bonds is 8. The lowest BCUT2D eigenvalue weighted by atomic mass is 10.2. The summed E-state index contributed by atoms with van der Waals surface area (Å²) in [6.45, 7) is 3.99. The standard InChI is InChI=1S/C19H20N2O3/c1-3-5-6-7-12-20-18(22)14-24-17-10-8-9-16-15(17)11-13-21(16)19(23)4-2/h1,4,8-11,13H,2,5-7,12,14H2,(H,20,22). The molecule has 0 saturated heterocycles. The van der Waals surface area contributed by atoms with Crippen LogP contribution in [0.15, 0.2) is 43.1 Å². The van der Waals surface area contributed by atoms with Crippen LogP contribution in [0.25, 0.3) is 10.9 Å². The quantitative estimate of drug-likeness (QED) is 0.461. The first-order valence-corrected chi connectivity index (χ1v) is 7.77. The zero-order valence-electron chi connectivity index (χ0n) is 13.5. The Morgan fingerprint density at radius 1 is 1.33 bits per heavy atom. The lowest BCUT2D eigenvalue weighted by molar-refractivity contribution is -0.123. The van der Waals surface area contributed by atoms with Crippen LogP contribution in [-0.4, -0.2) is 29.5 Å². The molecule has 0 spiro atoms. The molecule has 2 aromatic rings. The zero-order valence-corrected chi connectivity index (χ0v) is 13.5. The lowest BCUT2D eigenvalue weighted by Gasteiger charge is -2.09. The highest BCUT2D eigenvalue weighted by Crippen LogP contribution is 2.26. The molecule has 0 radical (unpaired) electrons. The molecule has 1 amide bonds. The van der Waals surface area contributed by atoms with Crippen molar-refractivity contribution < 1.29 is 14.3 Å². The van der Waals surface area contributed by atoms with Crippen molar-refractivity contribution in [2.75, 3.05) is 13.2 Å². The predicted molar refractivity (Wildman–Crippen MR) is 94.0 cm³/mol. The van der Waals surface area contributed by atoms with Gasteiger partial charge in [0.05, 0.1) is 5.52 Å². The highest BCUT2D eigenvalue weighted by molar-refractivity contribution is 5.99. The van der Waals surface area contributed by atoms with E-state index in [1.54, 1.807) is 24.4 Å². The molecule has 124 valence electrons. The second-order valence-electron chi connectivity index (χ2n) is 5.22. The van der Waals surface area contributed by atoms with Gasteiger partial charge in [-0.3, -0.25) is 14.2 Å². The Morgan fingerprint density at radius 3 is 2.92 bits per heavy atom. The minimum atomic E-state index is -0.216. The maximum atomic E-state index is 11.8. The number of amides is 1. The van der Waals surface area contributed by atoms with E-state index >= 15 is 0 Å². The fraction of sp³-hybridized carbons (Fsp3) is 0.263. The first-order chi connectivity index (χ1) is 11.7. The van der Waals surface area contributed by atoms with Gasteiger partial charge in [-0.25, -0.2) is 0 Å². The van der Waals surface area contributed by atoms with Gasteiger partial charge < -0.3 is 10.1 Å². The highest BCUT2D eigenvalue weighted by Gasteiger charge is 2.10. The third-order valence-electron chi connectivity index (χ3n) is 3.53.